The molecular formula is C20H21F3N2OS. The molecule has 0 aromatic heterocycles. The molecule has 7 heteroatoms. The monoisotopic (exact) mass is 394 g/mol. The van der Waals surface area contributed by atoms with Crippen LogP contribution in [0.2, 0.25) is 0 Å². The van der Waals surface area contributed by atoms with Crippen molar-refractivity contribution in [2.75, 3.05) is 5.32 Å². The topological polar surface area (TPSA) is 41.1 Å². The van der Waals surface area contributed by atoms with Crippen LogP contribution in [0.15, 0.2) is 35.4 Å². The normalized spacial score (nSPS) is 20.3. The van der Waals surface area contributed by atoms with E-state index in [4.69, 9.17) is 0 Å². The van der Waals surface area contributed by atoms with Gasteiger partial charge in [-0.1, -0.05) is 48.9 Å². The Morgan fingerprint density at radius 2 is 2.00 bits per heavy atom. The molecule has 1 heterocycles. The maximum Gasteiger partial charge on any atom is 0.418 e. The number of hydrogen-bond donors (Lipinski definition) is 2. The molecule has 1 saturated carbocycles. The zero-order valence-corrected chi connectivity index (χ0v) is 15.6. The van der Waals surface area contributed by atoms with Crippen LogP contribution in [0, 0.1) is 17.8 Å². The number of thioether (sulfide) groups is 1. The summed E-state index contributed by atoms with van der Waals surface area (Å²) < 4.78 is 37.9. The maximum atomic E-state index is 12.6. The molecule has 3 rings (SSSR count). The molecule has 3 nitrogen and oxygen atoms in total. The Kier molecular flexibility index (Phi) is 6.38. The number of rotatable bonds is 3. The van der Waals surface area contributed by atoms with E-state index in [2.05, 4.69) is 22.5 Å². The Morgan fingerprint density at radius 3 is 2.70 bits per heavy atom. The Bertz CT molecular complexity index is 773. The van der Waals surface area contributed by atoms with E-state index < -0.39 is 11.6 Å². The van der Waals surface area contributed by atoms with Crippen molar-refractivity contribution in [1.29, 1.82) is 0 Å². The molecule has 1 unspecified atom stereocenters. The average Bonchev–Trinajstić information content (AvgIpc) is 3.10. The van der Waals surface area contributed by atoms with Crippen LogP contribution in [-0.4, -0.2) is 17.5 Å². The van der Waals surface area contributed by atoms with Crippen LogP contribution in [0.25, 0.3) is 0 Å². The lowest BCUT2D eigenvalue weighted by molar-refractivity contribution is -0.131. The third-order valence-electron chi connectivity index (χ3n) is 4.58. The van der Waals surface area contributed by atoms with E-state index in [0.29, 0.717) is 40.3 Å². The highest BCUT2D eigenvalue weighted by molar-refractivity contribution is 8.04. The summed E-state index contributed by atoms with van der Waals surface area (Å²) in [5.74, 6) is 6.06. The summed E-state index contributed by atoms with van der Waals surface area (Å²) in [5.41, 5.74) is 1.30. The Balaban J connectivity index is 1.56. The number of anilines is 1. The van der Waals surface area contributed by atoms with Crippen LogP contribution in [0.4, 0.5) is 18.9 Å². The Labute approximate surface area is 161 Å². The van der Waals surface area contributed by atoms with Gasteiger partial charge in [0, 0.05) is 23.9 Å². The summed E-state index contributed by atoms with van der Waals surface area (Å²) in [7, 11) is 0. The largest absolute Gasteiger partial charge is 0.418 e. The first-order valence-electron chi connectivity index (χ1n) is 9.02. The van der Waals surface area contributed by atoms with E-state index in [1.165, 1.54) is 25.5 Å². The second-order valence-electron chi connectivity index (χ2n) is 6.80. The lowest BCUT2D eigenvalue weighted by Crippen LogP contribution is -2.33. The number of carbonyl (C=O) groups is 1. The highest BCUT2D eigenvalue weighted by Gasteiger charge is 2.42. The van der Waals surface area contributed by atoms with Crippen molar-refractivity contribution in [3.8, 4) is 11.8 Å². The van der Waals surface area contributed by atoms with Gasteiger partial charge in [-0.25, -0.2) is 0 Å². The lowest BCUT2D eigenvalue weighted by atomic mass is 9.87. The predicted octanol–water partition coefficient (Wildman–Crippen LogP) is 5.01. The molecule has 1 atom stereocenters. The van der Waals surface area contributed by atoms with Crippen molar-refractivity contribution in [3.63, 3.8) is 0 Å². The fourth-order valence-electron chi connectivity index (χ4n) is 3.25. The van der Waals surface area contributed by atoms with Gasteiger partial charge >= 0.3 is 6.18 Å². The first-order chi connectivity index (χ1) is 12.9. The van der Waals surface area contributed by atoms with Crippen LogP contribution in [0.5, 0.6) is 0 Å². The molecule has 1 aromatic rings. The molecule has 0 saturated heterocycles. The molecule has 1 amide bonds. The highest BCUT2D eigenvalue weighted by atomic mass is 32.2. The van der Waals surface area contributed by atoms with Gasteiger partial charge in [0.15, 0.2) is 5.37 Å². The van der Waals surface area contributed by atoms with Crippen LogP contribution in [-0.2, 0) is 4.79 Å². The molecule has 1 aliphatic heterocycles. The van der Waals surface area contributed by atoms with Crippen molar-refractivity contribution >= 4 is 23.4 Å². The van der Waals surface area contributed by atoms with E-state index in [1.54, 1.807) is 24.3 Å². The van der Waals surface area contributed by atoms with Crippen molar-refractivity contribution in [2.45, 2.75) is 50.1 Å². The van der Waals surface area contributed by atoms with Gasteiger partial charge < -0.3 is 10.6 Å². The maximum absolute atomic E-state index is 12.6. The predicted molar refractivity (Wildman–Crippen MR) is 102 cm³/mol. The minimum absolute atomic E-state index is 0.00159. The fourth-order valence-corrected chi connectivity index (χ4v) is 4.02. The van der Waals surface area contributed by atoms with Gasteiger partial charge in [0.2, 0.25) is 5.91 Å². The molecule has 27 heavy (non-hydrogen) atoms. The number of halogens is 3. The summed E-state index contributed by atoms with van der Waals surface area (Å²) >= 11 is 0.653. The van der Waals surface area contributed by atoms with E-state index in [-0.39, 0.29) is 5.91 Å². The molecule has 0 radical (unpaired) electrons. The van der Waals surface area contributed by atoms with Crippen LogP contribution >= 0.6 is 11.8 Å². The minimum atomic E-state index is -4.31. The quantitative estimate of drug-likeness (QED) is 0.708. The van der Waals surface area contributed by atoms with Crippen LogP contribution in [0.3, 0.4) is 0 Å². The molecule has 144 valence electrons. The number of alkyl halides is 3. The molecule has 1 fully saturated rings. The van der Waals surface area contributed by atoms with Crippen LogP contribution < -0.4 is 10.6 Å². The Hall–Kier alpha value is -2.07. The fraction of sp³-hybridized carbons (Fsp3) is 0.450. The van der Waals surface area contributed by atoms with Gasteiger partial charge in [0.1, 0.15) is 0 Å². The number of carbonyl (C=O) groups excluding carboxylic acids is 1. The molecule has 1 aliphatic carbocycles. The molecule has 0 spiro atoms. The van der Waals surface area contributed by atoms with Crippen molar-refractivity contribution in [1.82, 2.24) is 5.32 Å². The van der Waals surface area contributed by atoms with Gasteiger partial charge in [0.25, 0.3) is 0 Å². The second kappa shape index (κ2) is 8.75. The van der Waals surface area contributed by atoms with Gasteiger partial charge in [-0.05, 0) is 37.0 Å². The van der Waals surface area contributed by atoms with E-state index in [9.17, 15) is 18.0 Å². The minimum Gasteiger partial charge on any atom is -0.370 e. The highest BCUT2D eigenvalue weighted by Crippen LogP contribution is 2.36. The number of hydrogen-bond acceptors (Lipinski definition) is 3. The third-order valence-corrected chi connectivity index (χ3v) is 5.70. The molecule has 2 N–H and O–H groups in total. The average molecular weight is 394 g/mol. The van der Waals surface area contributed by atoms with Gasteiger partial charge in [0.05, 0.1) is 4.91 Å². The van der Waals surface area contributed by atoms with Crippen molar-refractivity contribution in [2.24, 2.45) is 5.92 Å². The van der Waals surface area contributed by atoms with Gasteiger partial charge in [-0.3, -0.25) is 4.79 Å². The van der Waals surface area contributed by atoms with Gasteiger partial charge in [-0.2, -0.15) is 13.2 Å². The number of allylic oxidation sites excluding steroid dienone is 1. The zero-order chi connectivity index (χ0) is 19.3. The number of amides is 1. The molecular weight excluding hydrogens is 373 g/mol. The molecule has 1 aromatic carbocycles. The third kappa shape index (κ3) is 5.96. The summed E-state index contributed by atoms with van der Waals surface area (Å²) in [4.78, 5) is 12.6. The first-order valence-corrected chi connectivity index (χ1v) is 9.89. The summed E-state index contributed by atoms with van der Waals surface area (Å²) in [6, 6.07) is 7.06. The number of nitrogens with one attached hydrogen (secondary N) is 2. The van der Waals surface area contributed by atoms with Gasteiger partial charge in [-0.15, -0.1) is 0 Å². The molecule has 2 aliphatic rings. The summed E-state index contributed by atoms with van der Waals surface area (Å²) in [5, 5.41) is 3.53. The standard InChI is InChI=1S/C20H21F3N2OS/c21-20(22,23)19-24-13-17(27-19)10-9-15-7-4-8-16(11-15)25-18(26)12-14-5-2-1-3-6-14/h4,7-8,11,13-14,19,24H,1-3,5-6,12H2,(H,25,26). The Morgan fingerprint density at radius 1 is 1.22 bits per heavy atom. The number of benzene rings is 1. The van der Waals surface area contributed by atoms with E-state index >= 15 is 0 Å². The van der Waals surface area contributed by atoms with Crippen molar-refractivity contribution in [3.05, 3.63) is 40.9 Å². The van der Waals surface area contributed by atoms with E-state index in [1.807, 2.05) is 0 Å². The lowest BCUT2D eigenvalue weighted by Gasteiger charge is -2.20. The van der Waals surface area contributed by atoms with Crippen LogP contribution in [0.1, 0.15) is 44.1 Å². The smallest absolute Gasteiger partial charge is 0.370 e. The SMILES string of the molecule is O=C(CC1CCCCC1)Nc1cccc(C#CC2=CNC(C(F)(F)F)S2)c1. The summed E-state index contributed by atoms with van der Waals surface area (Å²) in [6.07, 6.45) is 3.37. The zero-order valence-electron chi connectivity index (χ0n) is 14.7. The first kappa shape index (κ1) is 19.7. The summed E-state index contributed by atoms with van der Waals surface area (Å²) in [6.45, 7) is 0. The second-order valence-corrected chi connectivity index (χ2v) is 7.95. The van der Waals surface area contributed by atoms with Crippen molar-refractivity contribution < 1.29 is 18.0 Å². The molecule has 0 bridgehead atoms. The van der Waals surface area contributed by atoms with E-state index in [0.717, 1.165) is 12.8 Å².